The summed E-state index contributed by atoms with van der Waals surface area (Å²) in [6, 6.07) is 6.04. The van der Waals surface area contributed by atoms with Crippen molar-refractivity contribution in [3.63, 3.8) is 0 Å². The van der Waals surface area contributed by atoms with Crippen LogP contribution < -0.4 is 5.32 Å². The highest BCUT2D eigenvalue weighted by molar-refractivity contribution is 9.10. The van der Waals surface area contributed by atoms with Crippen LogP contribution in [0.2, 0.25) is 5.02 Å². The van der Waals surface area contributed by atoms with Crippen molar-refractivity contribution in [3.8, 4) is 11.3 Å². The highest BCUT2D eigenvalue weighted by atomic mass is 79.9. The first kappa shape index (κ1) is 13.6. The van der Waals surface area contributed by atoms with E-state index in [2.05, 4.69) is 40.1 Å². The summed E-state index contributed by atoms with van der Waals surface area (Å²) in [5.74, 6) is 1.40. The summed E-state index contributed by atoms with van der Waals surface area (Å²) in [5.41, 5.74) is 0.915. The summed E-state index contributed by atoms with van der Waals surface area (Å²) in [6.45, 7) is 4.79. The molecule has 18 heavy (non-hydrogen) atoms. The molecule has 0 radical (unpaired) electrons. The number of aromatic nitrogens is 1. The largest absolute Gasteiger partial charge is 0.439 e. The van der Waals surface area contributed by atoms with Gasteiger partial charge in [0.05, 0.1) is 12.7 Å². The SMILES string of the molecule is CC(C)NCc1ncc(-c2cc(Cl)cc(Br)c2)o1. The van der Waals surface area contributed by atoms with E-state index in [-0.39, 0.29) is 0 Å². The van der Waals surface area contributed by atoms with Crippen LogP contribution in [0.25, 0.3) is 11.3 Å². The Morgan fingerprint density at radius 2 is 2.17 bits per heavy atom. The number of nitrogens with zero attached hydrogens (tertiary/aromatic N) is 1. The number of benzene rings is 1. The minimum absolute atomic E-state index is 0.403. The van der Waals surface area contributed by atoms with Crippen LogP contribution in [0, 0.1) is 0 Å². The molecule has 0 saturated heterocycles. The van der Waals surface area contributed by atoms with Crippen molar-refractivity contribution >= 4 is 27.5 Å². The maximum absolute atomic E-state index is 6.01. The van der Waals surface area contributed by atoms with Gasteiger partial charge in [0.1, 0.15) is 0 Å². The van der Waals surface area contributed by atoms with Crippen LogP contribution >= 0.6 is 27.5 Å². The van der Waals surface area contributed by atoms with Gasteiger partial charge < -0.3 is 9.73 Å². The highest BCUT2D eigenvalue weighted by Crippen LogP contribution is 2.27. The lowest BCUT2D eigenvalue weighted by Crippen LogP contribution is -2.21. The number of hydrogen-bond acceptors (Lipinski definition) is 3. The van der Waals surface area contributed by atoms with E-state index >= 15 is 0 Å². The van der Waals surface area contributed by atoms with Gasteiger partial charge in [-0.1, -0.05) is 41.4 Å². The first-order chi connectivity index (χ1) is 8.54. The van der Waals surface area contributed by atoms with Gasteiger partial charge in [-0.25, -0.2) is 4.98 Å². The fourth-order valence-corrected chi connectivity index (χ4v) is 2.37. The van der Waals surface area contributed by atoms with E-state index in [0.29, 0.717) is 23.5 Å². The van der Waals surface area contributed by atoms with Gasteiger partial charge in [0.25, 0.3) is 0 Å². The van der Waals surface area contributed by atoms with Gasteiger partial charge in [0.15, 0.2) is 5.76 Å². The highest BCUT2D eigenvalue weighted by Gasteiger charge is 2.08. The molecule has 1 heterocycles. The van der Waals surface area contributed by atoms with Gasteiger partial charge in [-0.05, 0) is 18.2 Å². The second-order valence-electron chi connectivity index (χ2n) is 4.31. The summed E-state index contributed by atoms with van der Waals surface area (Å²) >= 11 is 9.41. The molecule has 2 aromatic rings. The van der Waals surface area contributed by atoms with Crippen LogP contribution in [0.15, 0.2) is 33.3 Å². The van der Waals surface area contributed by atoms with Gasteiger partial charge in [-0.2, -0.15) is 0 Å². The molecule has 2 rings (SSSR count). The smallest absolute Gasteiger partial charge is 0.208 e. The van der Waals surface area contributed by atoms with Crippen molar-refractivity contribution in [2.75, 3.05) is 0 Å². The second kappa shape index (κ2) is 5.87. The normalized spacial score (nSPS) is 11.2. The zero-order valence-electron chi connectivity index (χ0n) is 10.2. The molecule has 5 heteroatoms. The number of nitrogens with one attached hydrogen (secondary N) is 1. The summed E-state index contributed by atoms with van der Waals surface area (Å²) < 4.78 is 6.60. The molecule has 0 amide bonds. The molecule has 3 nitrogen and oxygen atoms in total. The first-order valence-electron chi connectivity index (χ1n) is 5.69. The van der Waals surface area contributed by atoms with E-state index in [4.69, 9.17) is 16.0 Å². The lowest BCUT2D eigenvalue weighted by molar-refractivity contribution is 0.459. The maximum atomic E-state index is 6.01. The zero-order chi connectivity index (χ0) is 13.1. The van der Waals surface area contributed by atoms with Gasteiger partial charge >= 0.3 is 0 Å². The minimum Gasteiger partial charge on any atom is -0.439 e. The molecule has 0 aliphatic rings. The van der Waals surface area contributed by atoms with Crippen molar-refractivity contribution in [1.82, 2.24) is 10.3 Å². The molecule has 0 unspecified atom stereocenters. The Morgan fingerprint density at radius 3 is 2.83 bits per heavy atom. The Bertz CT molecular complexity index is 519. The first-order valence-corrected chi connectivity index (χ1v) is 6.86. The Hall–Kier alpha value is -0.840. The van der Waals surface area contributed by atoms with E-state index in [9.17, 15) is 0 Å². The molecule has 0 aliphatic heterocycles. The fourth-order valence-electron chi connectivity index (χ4n) is 1.51. The van der Waals surface area contributed by atoms with Crippen molar-refractivity contribution in [2.45, 2.75) is 26.4 Å². The van der Waals surface area contributed by atoms with Crippen LogP contribution in [0.4, 0.5) is 0 Å². The second-order valence-corrected chi connectivity index (χ2v) is 5.66. The van der Waals surface area contributed by atoms with Crippen molar-refractivity contribution in [3.05, 3.63) is 39.8 Å². The monoisotopic (exact) mass is 328 g/mol. The summed E-state index contributed by atoms with van der Waals surface area (Å²) in [7, 11) is 0. The van der Waals surface area contributed by atoms with Crippen LogP contribution in [-0.2, 0) is 6.54 Å². The van der Waals surface area contributed by atoms with Crippen molar-refractivity contribution in [2.24, 2.45) is 0 Å². The average Bonchev–Trinajstić information content (AvgIpc) is 2.73. The van der Waals surface area contributed by atoms with E-state index in [1.165, 1.54) is 0 Å². The Kier molecular flexibility index (Phi) is 4.43. The molecule has 0 atom stereocenters. The molecule has 0 bridgehead atoms. The summed E-state index contributed by atoms with van der Waals surface area (Å²) in [5, 5.41) is 3.92. The van der Waals surface area contributed by atoms with Gasteiger partial charge in [0, 0.05) is 21.1 Å². The van der Waals surface area contributed by atoms with Crippen LogP contribution in [-0.4, -0.2) is 11.0 Å². The lowest BCUT2D eigenvalue weighted by atomic mass is 10.2. The van der Waals surface area contributed by atoms with Crippen molar-refractivity contribution < 1.29 is 4.42 Å². The number of hydrogen-bond donors (Lipinski definition) is 1. The standard InChI is InChI=1S/C13H14BrClN2O/c1-8(2)16-7-13-17-6-12(18-13)9-3-10(14)5-11(15)4-9/h3-6,8,16H,7H2,1-2H3. The zero-order valence-corrected chi connectivity index (χ0v) is 12.5. The molecular weight excluding hydrogens is 316 g/mol. The lowest BCUT2D eigenvalue weighted by Gasteiger charge is -2.04. The molecular formula is C13H14BrClN2O. The van der Waals surface area contributed by atoms with Crippen LogP contribution in [0.1, 0.15) is 19.7 Å². The predicted octanol–water partition coefficient (Wildman–Crippen LogP) is 4.26. The van der Waals surface area contributed by atoms with E-state index < -0.39 is 0 Å². The predicted molar refractivity (Wildman–Crippen MR) is 76.6 cm³/mol. The molecule has 1 N–H and O–H groups in total. The maximum Gasteiger partial charge on any atom is 0.208 e. The fraction of sp³-hybridized carbons (Fsp3) is 0.308. The van der Waals surface area contributed by atoms with Crippen molar-refractivity contribution in [1.29, 1.82) is 0 Å². The van der Waals surface area contributed by atoms with E-state index in [0.717, 1.165) is 15.8 Å². The number of oxazole rings is 1. The van der Waals surface area contributed by atoms with Crippen LogP contribution in [0.5, 0.6) is 0 Å². The summed E-state index contributed by atoms with van der Waals surface area (Å²) in [6.07, 6.45) is 1.72. The molecule has 1 aromatic carbocycles. The molecule has 1 aromatic heterocycles. The number of halogens is 2. The van der Waals surface area contributed by atoms with Gasteiger partial charge in [-0.3, -0.25) is 0 Å². The third kappa shape index (κ3) is 3.57. The molecule has 96 valence electrons. The Balaban J connectivity index is 2.18. The van der Waals surface area contributed by atoms with Crippen LogP contribution in [0.3, 0.4) is 0 Å². The van der Waals surface area contributed by atoms with Gasteiger partial charge in [-0.15, -0.1) is 0 Å². The minimum atomic E-state index is 0.403. The van der Waals surface area contributed by atoms with E-state index in [1.54, 1.807) is 6.20 Å². The third-order valence-corrected chi connectivity index (χ3v) is 3.04. The molecule has 0 saturated carbocycles. The third-order valence-electron chi connectivity index (χ3n) is 2.36. The van der Waals surface area contributed by atoms with Gasteiger partial charge in [0.2, 0.25) is 5.89 Å². The van der Waals surface area contributed by atoms with E-state index in [1.807, 2.05) is 18.2 Å². The molecule has 0 fully saturated rings. The topological polar surface area (TPSA) is 38.1 Å². The average molecular weight is 330 g/mol. The quantitative estimate of drug-likeness (QED) is 0.911. The Labute approximate surface area is 120 Å². The Morgan fingerprint density at radius 1 is 1.39 bits per heavy atom. The number of rotatable bonds is 4. The molecule has 0 aliphatic carbocycles. The summed E-state index contributed by atoms with van der Waals surface area (Å²) in [4.78, 5) is 4.24. The molecule has 0 spiro atoms.